The van der Waals surface area contributed by atoms with E-state index in [0.717, 1.165) is 11.1 Å². The van der Waals surface area contributed by atoms with Gasteiger partial charge in [-0.15, -0.1) is 0 Å². The van der Waals surface area contributed by atoms with E-state index in [1.807, 2.05) is 60.7 Å². The molecule has 3 heterocycles. The van der Waals surface area contributed by atoms with Gasteiger partial charge in [0.15, 0.2) is 23.4 Å². The highest BCUT2D eigenvalue weighted by Gasteiger charge is 2.77. The quantitative estimate of drug-likeness (QED) is 0.388. The van der Waals surface area contributed by atoms with Crippen molar-refractivity contribution in [2.24, 2.45) is 0 Å². The Balaban J connectivity index is 1.52. The van der Waals surface area contributed by atoms with Gasteiger partial charge >= 0.3 is 0 Å². The Kier molecular flexibility index (Phi) is 7.49. The molecule has 7 atom stereocenters. The zero-order chi connectivity index (χ0) is 32.4. The molecular weight excluding hydrogens is 596 g/mol. The molecule has 11 nitrogen and oxygen atoms in total. The lowest BCUT2D eigenvalue weighted by molar-refractivity contribution is -0.310. The number of aliphatic hydroxyl groups is 2. The van der Waals surface area contributed by atoms with Crippen LogP contribution < -0.4 is 18.9 Å². The summed E-state index contributed by atoms with van der Waals surface area (Å²) in [4.78, 5) is 14.2. The molecule has 46 heavy (non-hydrogen) atoms. The summed E-state index contributed by atoms with van der Waals surface area (Å²) in [6, 6.07) is 18.9. The Morgan fingerprint density at radius 3 is 1.87 bits per heavy atom. The average molecular weight is 633 g/mol. The van der Waals surface area contributed by atoms with Crippen LogP contribution in [0, 0.1) is 0 Å². The van der Waals surface area contributed by atoms with Gasteiger partial charge in [-0.2, -0.15) is 0 Å². The molecule has 7 rings (SSSR count). The maximum Gasteiger partial charge on any atom is 0.285 e. The Labute approximate surface area is 266 Å². The topological polar surface area (TPSA) is 131 Å². The number of aliphatic hydroxyl groups excluding tert-OH is 2. The smallest absolute Gasteiger partial charge is 0.285 e. The lowest BCUT2D eigenvalue weighted by Gasteiger charge is -2.51. The monoisotopic (exact) mass is 632 g/mol. The fourth-order valence-electron chi connectivity index (χ4n) is 7.55. The molecule has 0 spiro atoms. The lowest BCUT2D eigenvalue weighted by Crippen LogP contribution is -2.69. The minimum Gasteiger partial charge on any atom is -0.492 e. The molecule has 0 amide bonds. The third kappa shape index (κ3) is 3.93. The minimum absolute atomic E-state index is 0.00446. The fraction of sp³-hybridized carbons (Fsp3) is 0.400. The molecule has 4 aliphatic rings. The predicted octanol–water partition coefficient (Wildman–Crippen LogP) is 4.21. The Hall–Kier alpha value is -4.13. The van der Waals surface area contributed by atoms with Crippen LogP contribution in [0.25, 0.3) is 0 Å². The van der Waals surface area contributed by atoms with Gasteiger partial charge in [-0.3, -0.25) is 4.79 Å². The first kappa shape index (κ1) is 30.5. The standard InChI is InChI=1S/C35H36O11/c1-39-30-26-28(25-21(37)17-22(18-12-8-6-9-13-18)44-29(25)31(30)40-2)46-35(43-5)33(41-3)27(38)24-20(36)16-23(19-14-10-7-11-15-19)45-32(24)34(26,35)42-4/h6-15,20-23,33,36-37H,16-17H2,1-5H3/t20-,21-,22-,23+,33+,34-,35-/m1/s1. The molecule has 0 saturated heterocycles. The second kappa shape index (κ2) is 11.3. The van der Waals surface area contributed by atoms with E-state index in [2.05, 4.69) is 0 Å². The minimum atomic E-state index is -2.03. The highest BCUT2D eigenvalue weighted by Crippen LogP contribution is 2.69. The van der Waals surface area contributed by atoms with Gasteiger partial charge in [-0.1, -0.05) is 60.7 Å². The first-order valence-corrected chi connectivity index (χ1v) is 15.0. The molecule has 0 saturated carbocycles. The fourth-order valence-corrected chi connectivity index (χ4v) is 7.55. The molecular formula is C35H36O11. The summed E-state index contributed by atoms with van der Waals surface area (Å²) < 4.78 is 50.3. The van der Waals surface area contributed by atoms with Gasteiger partial charge in [0, 0.05) is 34.2 Å². The van der Waals surface area contributed by atoms with Crippen LogP contribution in [0.4, 0.5) is 0 Å². The summed E-state index contributed by atoms with van der Waals surface area (Å²) in [5.41, 5.74) is 0.236. The van der Waals surface area contributed by atoms with Crippen molar-refractivity contribution >= 4 is 5.78 Å². The highest BCUT2D eigenvalue weighted by atomic mass is 16.8. The number of ether oxygens (including phenoxy) is 8. The number of Topliss-reactive ketones (excluding diaryl/α,β-unsaturated/α-hetero) is 1. The molecule has 3 aromatic rings. The van der Waals surface area contributed by atoms with Crippen LogP contribution in [0.5, 0.6) is 23.0 Å². The molecule has 0 aromatic heterocycles. The first-order valence-electron chi connectivity index (χ1n) is 15.0. The van der Waals surface area contributed by atoms with Gasteiger partial charge in [-0.25, -0.2) is 0 Å². The molecule has 242 valence electrons. The van der Waals surface area contributed by atoms with Gasteiger partial charge in [-0.05, 0) is 11.1 Å². The van der Waals surface area contributed by atoms with E-state index in [0.29, 0.717) is 0 Å². The van der Waals surface area contributed by atoms with E-state index in [9.17, 15) is 15.0 Å². The van der Waals surface area contributed by atoms with E-state index in [1.165, 1.54) is 35.5 Å². The molecule has 3 aromatic carbocycles. The molecule has 11 heteroatoms. The van der Waals surface area contributed by atoms with E-state index in [-0.39, 0.29) is 58.3 Å². The molecule has 3 aliphatic heterocycles. The number of carbonyl (C=O) groups excluding carboxylic acids is 1. The number of methoxy groups -OCH3 is 5. The number of rotatable bonds is 7. The predicted molar refractivity (Wildman–Crippen MR) is 162 cm³/mol. The maximum atomic E-state index is 14.2. The van der Waals surface area contributed by atoms with Gasteiger partial charge in [0.05, 0.1) is 43.1 Å². The number of benzene rings is 3. The van der Waals surface area contributed by atoms with Crippen molar-refractivity contribution < 1.29 is 52.9 Å². The third-order valence-corrected chi connectivity index (χ3v) is 9.52. The number of hydrogen-bond acceptors (Lipinski definition) is 11. The number of hydrogen-bond donors (Lipinski definition) is 2. The number of ketones is 1. The van der Waals surface area contributed by atoms with Crippen molar-refractivity contribution in [1.29, 1.82) is 0 Å². The average Bonchev–Trinajstić information content (AvgIpc) is 3.39. The zero-order valence-corrected chi connectivity index (χ0v) is 26.1. The van der Waals surface area contributed by atoms with Crippen molar-refractivity contribution in [3.63, 3.8) is 0 Å². The van der Waals surface area contributed by atoms with Crippen LogP contribution in [0.3, 0.4) is 0 Å². The van der Waals surface area contributed by atoms with Crippen molar-refractivity contribution in [1.82, 2.24) is 0 Å². The highest BCUT2D eigenvalue weighted by molar-refractivity contribution is 6.03. The summed E-state index contributed by atoms with van der Waals surface area (Å²) in [5.74, 6) is -1.98. The number of fused-ring (bicyclic) bond motifs is 6. The first-order chi connectivity index (χ1) is 22.3. The molecule has 2 N–H and O–H groups in total. The summed E-state index contributed by atoms with van der Waals surface area (Å²) in [5, 5.41) is 23.4. The molecule has 1 aliphatic carbocycles. The summed E-state index contributed by atoms with van der Waals surface area (Å²) in [6.45, 7) is 0. The van der Waals surface area contributed by atoms with Gasteiger partial charge in [0.2, 0.25) is 17.1 Å². The van der Waals surface area contributed by atoms with Crippen molar-refractivity contribution in [2.45, 2.75) is 54.7 Å². The third-order valence-electron chi connectivity index (χ3n) is 9.52. The Bertz CT molecular complexity index is 1690. The van der Waals surface area contributed by atoms with Crippen LogP contribution in [0.2, 0.25) is 0 Å². The molecule has 0 unspecified atom stereocenters. The molecule has 0 fully saturated rings. The van der Waals surface area contributed by atoms with Crippen LogP contribution in [-0.4, -0.2) is 69.5 Å². The Morgan fingerprint density at radius 2 is 1.33 bits per heavy atom. The van der Waals surface area contributed by atoms with E-state index in [1.54, 1.807) is 0 Å². The summed E-state index contributed by atoms with van der Waals surface area (Å²) in [6.07, 6.45) is -4.65. The van der Waals surface area contributed by atoms with Crippen LogP contribution in [0.15, 0.2) is 72.0 Å². The molecule has 0 radical (unpaired) electrons. The second-order valence-corrected chi connectivity index (χ2v) is 11.6. The zero-order valence-electron chi connectivity index (χ0n) is 26.1. The van der Waals surface area contributed by atoms with E-state index in [4.69, 9.17) is 37.9 Å². The summed E-state index contributed by atoms with van der Waals surface area (Å²) >= 11 is 0. The number of carbonyl (C=O) groups is 1. The van der Waals surface area contributed by atoms with Crippen LogP contribution >= 0.6 is 0 Å². The SMILES string of the molecule is COc1c2c(c3c(c1OC)[C@@]1(OC)C4=C(C(=O)[C@H](OC)[C@@]1(OC)O3)[C@H](O)C[C@@H](c1ccccc1)O4)[C@H](O)C[C@H](c1ccccc1)O2. The molecule has 0 bridgehead atoms. The van der Waals surface area contributed by atoms with E-state index < -0.39 is 47.7 Å². The van der Waals surface area contributed by atoms with Gasteiger partial charge in [0.25, 0.3) is 5.79 Å². The largest absolute Gasteiger partial charge is 0.492 e. The van der Waals surface area contributed by atoms with Crippen molar-refractivity contribution in [2.75, 3.05) is 35.5 Å². The van der Waals surface area contributed by atoms with Crippen LogP contribution in [-0.2, 0) is 29.3 Å². The second-order valence-electron chi connectivity index (χ2n) is 11.6. The van der Waals surface area contributed by atoms with Crippen molar-refractivity contribution in [3.8, 4) is 23.0 Å². The van der Waals surface area contributed by atoms with E-state index >= 15 is 0 Å². The Morgan fingerprint density at radius 1 is 0.739 bits per heavy atom. The van der Waals surface area contributed by atoms with Gasteiger partial charge in [0.1, 0.15) is 18.0 Å². The van der Waals surface area contributed by atoms with Gasteiger partial charge < -0.3 is 48.1 Å². The normalized spacial score (nSPS) is 31.0. The van der Waals surface area contributed by atoms with Crippen LogP contribution in [0.1, 0.15) is 53.4 Å². The van der Waals surface area contributed by atoms with Crippen molar-refractivity contribution in [3.05, 3.63) is 94.2 Å². The maximum absolute atomic E-state index is 14.2. The summed E-state index contributed by atoms with van der Waals surface area (Å²) in [7, 11) is 7.05. The lowest BCUT2D eigenvalue weighted by atomic mass is 9.70.